The predicted octanol–water partition coefficient (Wildman–Crippen LogP) is 4.86. The van der Waals surface area contributed by atoms with Gasteiger partial charge in [0.1, 0.15) is 11.3 Å². The summed E-state index contributed by atoms with van der Waals surface area (Å²) in [6.07, 6.45) is 1.90. The lowest BCUT2D eigenvalue weighted by Crippen LogP contribution is -2.42. The standard InChI is InChI=1S/C25H22N2O4S/c28-15-20-13-18-9-4-5-10-19(18)14-21(20)26-16-32-23(17-7-2-1-3-8-17)24(29)27-12-6-11-22(27)25(30)31/h1-5,7-10,13-16,22-23H,6,11-12H2,(H,30,31)/t22-,23?/m1/s1. The van der Waals surface area contributed by atoms with Gasteiger partial charge in [0.15, 0.2) is 6.29 Å². The molecule has 0 radical (unpaired) electrons. The molecule has 4 rings (SSSR count). The summed E-state index contributed by atoms with van der Waals surface area (Å²) in [4.78, 5) is 42.4. The lowest BCUT2D eigenvalue weighted by molar-refractivity contribution is -0.148. The van der Waals surface area contributed by atoms with Crippen molar-refractivity contribution >= 4 is 51.9 Å². The Morgan fingerprint density at radius 1 is 1.06 bits per heavy atom. The zero-order valence-electron chi connectivity index (χ0n) is 17.3. The van der Waals surface area contributed by atoms with Gasteiger partial charge in [-0.25, -0.2) is 9.79 Å². The largest absolute Gasteiger partial charge is 0.480 e. The van der Waals surface area contributed by atoms with Crippen LogP contribution in [-0.4, -0.2) is 46.3 Å². The molecule has 2 atom stereocenters. The molecule has 1 fully saturated rings. The molecule has 0 aliphatic carbocycles. The number of hydrogen-bond acceptors (Lipinski definition) is 5. The highest BCUT2D eigenvalue weighted by Gasteiger charge is 2.37. The fraction of sp³-hybridized carbons (Fsp3) is 0.200. The van der Waals surface area contributed by atoms with Crippen molar-refractivity contribution in [1.82, 2.24) is 4.90 Å². The fourth-order valence-electron chi connectivity index (χ4n) is 3.95. The Balaban J connectivity index is 1.62. The molecular formula is C25H22N2O4S. The zero-order chi connectivity index (χ0) is 22.5. The molecule has 3 aromatic carbocycles. The molecule has 7 heteroatoms. The third-order valence-corrected chi connectivity index (χ3v) is 6.53. The van der Waals surface area contributed by atoms with Crippen LogP contribution in [0.15, 0.2) is 71.7 Å². The molecule has 0 saturated carbocycles. The maximum atomic E-state index is 13.3. The average molecular weight is 447 g/mol. The molecule has 0 spiro atoms. The maximum absolute atomic E-state index is 13.3. The number of aldehydes is 1. The van der Waals surface area contributed by atoms with E-state index in [2.05, 4.69) is 4.99 Å². The van der Waals surface area contributed by atoms with Crippen LogP contribution in [0.25, 0.3) is 10.8 Å². The van der Waals surface area contributed by atoms with Gasteiger partial charge in [-0.1, -0.05) is 66.4 Å². The number of carbonyl (C=O) groups excluding carboxylic acids is 2. The predicted molar refractivity (Wildman–Crippen MR) is 127 cm³/mol. The number of carbonyl (C=O) groups is 3. The highest BCUT2D eigenvalue weighted by Crippen LogP contribution is 2.33. The zero-order valence-corrected chi connectivity index (χ0v) is 18.1. The number of aliphatic imine (C=N–C) groups is 1. The summed E-state index contributed by atoms with van der Waals surface area (Å²) in [6, 6.07) is 19.8. The number of likely N-dealkylation sites (tertiary alicyclic amines) is 1. The number of carboxylic acid groups (broad SMARTS) is 1. The number of rotatable bonds is 7. The number of thioether (sulfide) groups is 1. The Bertz CT molecular complexity index is 1180. The topological polar surface area (TPSA) is 87.0 Å². The molecule has 32 heavy (non-hydrogen) atoms. The number of aliphatic carboxylic acids is 1. The smallest absolute Gasteiger partial charge is 0.326 e. The highest BCUT2D eigenvalue weighted by atomic mass is 32.2. The van der Waals surface area contributed by atoms with Crippen molar-refractivity contribution in [2.45, 2.75) is 24.1 Å². The highest BCUT2D eigenvalue weighted by molar-refractivity contribution is 8.12. The molecule has 0 bridgehead atoms. The van der Waals surface area contributed by atoms with E-state index in [0.717, 1.165) is 22.6 Å². The van der Waals surface area contributed by atoms with E-state index in [9.17, 15) is 19.5 Å². The lowest BCUT2D eigenvalue weighted by Gasteiger charge is -2.26. The second-order valence-corrected chi connectivity index (χ2v) is 8.52. The van der Waals surface area contributed by atoms with Crippen LogP contribution in [0.2, 0.25) is 0 Å². The van der Waals surface area contributed by atoms with Crippen LogP contribution in [-0.2, 0) is 9.59 Å². The van der Waals surface area contributed by atoms with Gasteiger partial charge >= 0.3 is 5.97 Å². The summed E-state index contributed by atoms with van der Waals surface area (Å²) in [6.45, 7) is 0.427. The second kappa shape index (κ2) is 9.78. The van der Waals surface area contributed by atoms with E-state index in [4.69, 9.17) is 0 Å². The second-order valence-electron chi connectivity index (χ2n) is 7.57. The van der Waals surface area contributed by atoms with Gasteiger partial charge in [0.25, 0.3) is 0 Å². The summed E-state index contributed by atoms with van der Waals surface area (Å²) in [5.41, 5.74) is 3.33. The normalized spacial score (nSPS) is 17.0. The monoisotopic (exact) mass is 446 g/mol. The number of benzene rings is 3. The molecule has 1 heterocycles. The molecule has 1 saturated heterocycles. The minimum atomic E-state index is -0.979. The molecule has 3 aromatic rings. The third kappa shape index (κ3) is 4.57. The Morgan fingerprint density at radius 2 is 1.75 bits per heavy atom. The van der Waals surface area contributed by atoms with Crippen LogP contribution < -0.4 is 0 Å². The van der Waals surface area contributed by atoms with E-state index in [1.165, 1.54) is 16.7 Å². The van der Waals surface area contributed by atoms with E-state index < -0.39 is 17.3 Å². The summed E-state index contributed by atoms with van der Waals surface area (Å²) in [7, 11) is 0. The van der Waals surface area contributed by atoms with Gasteiger partial charge in [0.05, 0.1) is 11.2 Å². The molecule has 6 nitrogen and oxygen atoms in total. The van der Waals surface area contributed by atoms with Crippen molar-refractivity contribution < 1.29 is 19.5 Å². The summed E-state index contributed by atoms with van der Waals surface area (Å²) < 4.78 is 0. The quantitative estimate of drug-likeness (QED) is 0.318. The van der Waals surface area contributed by atoms with Gasteiger partial charge in [-0.2, -0.15) is 0 Å². The Kier molecular flexibility index (Phi) is 6.66. The van der Waals surface area contributed by atoms with Crippen LogP contribution in [0.5, 0.6) is 0 Å². The molecule has 1 aliphatic heterocycles. The number of fused-ring (bicyclic) bond motifs is 1. The maximum Gasteiger partial charge on any atom is 0.326 e. The minimum absolute atomic E-state index is 0.244. The number of amides is 1. The average Bonchev–Trinajstić information content (AvgIpc) is 3.32. The van der Waals surface area contributed by atoms with Gasteiger partial charge < -0.3 is 10.0 Å². The van der Waals surface area contributed by atoms with Crippen LogP contribution in [0.4, 0.5) is 5.69 Å². The molecular weight excluding hydrogens is 424 g/mol. The van der Waals surface area contributed by atoms with Crippen molar-refractivity contribution in [3.8, 4) is 0 Å². The number of nitrogens with zero attached hydrogens (tertiary/aromatic N) is 2. The lowest BCUT2D eigenvalue weighted by atomic mass is 10.1. The summed E-state index contributed by atoms with van der Waals surface area (Å²) in [5.74, 6) is -1.22. The first-order valence-electron chi connectivity index (χ1n) is 10.3. The van der Waals surface area contributed by atoms with Crippen molar-refractivity contribution in [3.05, 3.63) is 77.9 Å². The molecule has 1 aliphatic rings. The van der Waals surface area contributed by atoms with Crippen LogP contribution in [0.3, 0.4) is 0 Å². The minimum Gasteiger partial charge on any atom is -0.480 e. The molecule has 162 valence electrons. The van der Waals surface area contributed by atoms with Crippen molar-refractivity contribution in [2.75, 3.05) is 6.54 Å². The molecule has 1 amide bonds. The fourth-order valence-corrected chi connectivity index (χ4v) is 4.81. The van der Waals surface area contributed by atoms with Gasteiger partial charge in [-0.3, -0.25) is 9.59 Å². The van der Waals surface area contributed by atoms with Crippen molar-refractivity contribution in [2.24, 2.45) is 4.99 Å². The molecule has 0 aromatic heterocycles. The van der Waals surface area contributed by atoms with Gasteiger partial charge in [0, 0.05) is 12.1 Å². The van der Waals surface area contributed by atoms with E-state index in [-0.39, 0.29) is 5.91 Å². The van der Waals surface area contributed by atoms with E-state index in [1.54, 1.807) is 11.6 Å². The third-order valence-electron chi connectivity index (χ3n) is 5.56. The van der Waals surface area contributed by atoms with E-state index in [0.29, 0.717) is 30.6 Å². The Morgan fingerprint density at radius 3 is 2.44 bits per heavy atom. The first-order valence-corrected chi connectivity index (χ1v) is 11.3. The van der Waals surface area contributed by atoms with Crippen LogP contribution in [0.1, 0.15) is 34.0 Å². The Labute approximate surface area is 190 Å². The van der Waals surface area contributed by atoms with Crippen LogP contribution in [0, 0.1) is 0 Å². The summed E-state index contributed by atoms with van der Waals surface area (Å²) >= 11 is 1.21. The van der Waals surface area contributed by atoms with E-state index >= 15 is 0 Å². The van der Waals surface area contributed by atoms with Crippen molar-refractivity contribution in [3.63, 3.8) is 0 Å². The van der Waals surface area contributed by atoms with Gasteiger partial charge in [-0.05, 0) is 41.3 Å². The first kappa shape index (κ1) is 21.8. The number of hydrogen-bond donors (Lipinski definition) is 1. The van der Waals surface area contributed by atoms with Crippen LogP contribution >= 0.6 is 11.8 Å². The number of carboxylic acids is 1. The van der Waals surface area contributed by atoms with Crippen molar-refractivity contribution in [1.29, 1.82) is 0 Å². The molecule has 1 N–H and O–H groups in total. The molecule has 1 unspecified atom stereocenters. The van der Waals surface area contributed by atoms with Gasteiger partial charge in [-0.15, -0.1) is 0 Å². The first-order chi connectivity index (χ1) is 15.6. The summed E-state index contributed by atoms with van der Waals surface area (Å²) in [5, 5.41) is 10.8. The van der Waals surface area contributed by atoms with Gasteiger partial charge in [0.2, 0.25) is 5.91 Å². The van der Waals surface area contributed by atoms with E-state index in [1.807, 2.05) is 60.7 Å². The Hall–Kier alpha value is -3.45. The SMILES string of the molecule is O=Cc1cc2ccccc2cc1N=CSC(C(=O)N1CCC[C@@H]1C(=O)O)c1ccccc1.